The van der Waals surface area contributed by atoms with E-state index >= 15 is 0 Å². The number of sulfonamides is 2. The molecule has 2 saturated heterocycles. The van der Waals surface area contributed by atoms with Gasteiger partial charge in [-0.25, -0.2) is 30.7 Å². The summed E-state index contributed by atoms with van der Waals surface area (Å²) < 4.78 is 64.5. The van der Waals surface area contributed by atoms with E-state index in [1.54, 1.807) is 13.8 Å². The number of ether oxygens (including phenoxy) is 2. The quantitative estimate of drug-likeness (QED) is 0.600. The summed E-state index contributed by atoms with van der Waals surface area (Å²) in [5.41, 5.74) is -0.0477. The number of hydrogen-bond donors (Lipinski definition) is 1. The summed E-state index contributed by atoms with van der Waals surface area (Å²) in [5.74, 6) is -0.883. The Kier molecular flexibility index (Phi) is 7.30. The molecule has 2 aliphatic heterocycles. The SMILES string of the molecule is CCOC(=O)N1CCC(NS(=O)(=O)c2cc(N3C(=O)CCS3(=O)=O)ccc2OCC)CC1. The van der Waals surface area contributed by atoms with Crippen LogP contribution in [0.15, 0.2) is 23.1 Å². The maximum atomic E-state index is 13.2. The molecule has 0 aromatic heterocycles. The minimum Gasteiger partial charge on any atom is -0.492 e. The van der Waals surface area contributed by atoms with Crippen LogP contribution in [0, 0.1) is 0 Å². The van der Waals surface area contributed by atoms with Crippen molar-refractivity contribution in [1.82, 2.24) is 9.62 Å². The Balaban J connectivity index is 1.83. The van der Waals surface area contributed by atoms with Crippen LogP contribution in [0.5, 0.6) is 5.75 Å². The predicted molar refractivity (Wildman–Crippen MR) is 115 cm³/mol. The number of piperidine rings is 1. The van der Waals surface area contributed by atoms with E-state index in [9.17, 15) is 26.4 Å². The number of carbonyl (C=O) groups is 2. The van der Waals surface area contributed by atoms with Gasteiger partial charge in [-0.2, -0.15) is 0 Å². The van der Waals surface area contributed by atoms with E-state index in [4.69, 9.17) is 9.47 Å². The zero-order valence-corrected chi connectivity index (χ0v) is 19.6. The second-order valence-electron chi connectivity index (χ2n) is 7.37. The van der Waals surface area contributed by atoms with Crippen LogP contribution >= 0.6 is 0 Å². The summed E-state index contributed by atoms with van der Waals surface area (Å²) in [6, 6.07) is 3.41. The first-order chi connectivity index (χ1) is 15.1. The molecular formula is C19H27N3O8S2. The van der Waals surface area contributed by atoms with E-state index in [-0.39, 0.29) is 41.7 Å². The molecule has 1 aromatic carbocycles. The molecule has 2 amide bonds. The normalized spacial score (nSPS) is 19.2. The molecular weight excluding hydrogens is 462 g/mol. The van der Waals surface area contributed by atoms with Crippen molar-refractivity contribution < 1.29 is 35.9 Å². The summed E-state index contributed by atoms with van der Waals surface area (Å²) in [4.78, 5) is 25.2. The summed E-state index contributed by atoms with van der Waals surface area (Å²) in [6.45, 7) is 4.54. The maximum absolute atomic E-state index is 13.2. The molecule has 3 rings (SSSR count). The van der Waals surface area contributed by atoms with E-state index in [0.29, 0.717) is 30.2 Å². The topological polar surface area (TPSA) is 139 Å². The largest absolute Gasteiger partial charge is 0.492 e. The van der Waals surface area contributed by atoms with Crippen LogP contribution in [-0.2, 0) is 29.6 Å². The minimum absolute atomic E-state index is 0.0477. The fraction of sp³-hybridized carbons (Fsp3) is 0.579. The highest BCUT2D eigenvalue weighted by atomic mass is 32.2. The van der Waals surface area contributed by atoms with Crippen molar-refractivity contribution in [3.05, 3.63) is 18.2 Å². The molecule has 178 valence electrons. The van der Waals surface area contributed by atoms with Gasteiger partial charge < -0.3 is 14.4 Å². The van der Waals surface area contributed by atoms with Crippen molar-refractivity contribution in [2.24, 2.45) is 0 Å². The van der Waals surface area contributed by atoms with Gasteiger partial charge >= 0.3 is 6.09 Å². The molecule has 0 atom stereocenters. The Morgan fingerprint density at radius 3 is 2.44 bits per heavy atom. The number of hydrogen-bond acceptors (Lipinski definition) is 8. The monoisotopic (exact) mass is 489 g/mol. The third kappa shape index (κ3) is 5.15. The van der Waals surface area contributed by atoms with Crippen molar-refractivity contribution >= 4 is 37.7 Å². The minimum atomic E-state index is -4.11. The molecule has 0 saturated carbocycles. The third-order valence-corrected chi connectivity index (χ3v) is 8.41. The van der Waals surface area contributed by atoms with Crippen LogP contribution in [0.3, 0.4) is 0 Å². The van der Waals surface area contributed by atoms with Gasteiger partial charge in [-0.1, -0.05) is 0 Å². The lowest BCUT2D eigenvalue weighted by Crippen LogP contribution is -2.46. The lowest BCUT2D eigenvalue weighted by molar-refractivity contribution is -0.116. The fourth-order valence-corrected chi connectivity index (χ4v) is 6.57. The molecule has 2 fully saturated rings. The molecule has 1 aromatic rings. The zero-order valence-electron chi connectivity index (χ0n) is 17.9. The Morgan fingerprint density at radius 1 is 1.19 bits per heavy atom. The first kappa shape index (κ1) is 24.3. The number of nitrogens with one attached hydrogen (secondary N) is 1. The molecule has 0 radical (unpaired) electrons. The van der Waals surface area contributed by atoms with Gasteiger partial charge in [-0.3, -0.25) is 4.79 Å². The molecule has 0 bridgehead atoms. The van der Waals surface area contributed by atoms with Gasteiger partial charge in [0.1, 0.15) is 10.6 Å². The van der Waals surface area contributed by atoms with Crippen molar-refractivity contribution in [3.8, 4) is 5.75 Å². The zero-order chi connectivity index (χ0) is 23.5. The number of rotatable bonds is 7. The number of nitrogens with zero attached hydrogens (tertiary/aromatic N) is 2. The van der Waals surface area contributed by atoms with Crippen LogP contribution in [0.2, 0.25) is 0 Å². The van der Waals surface area contributed by atoms with Crippen molar-refractivity contribution in [2.45, 2.75) is 44.0 Å². The molecule has 0 spiro atoms. The first-order valence-corrected chi connectivity index (χ1v) is 13.4. The molecule has 2 heterocycles. The number of benzene rings is 1. The lowest BCUT2D eigenvalue weighted by Gasteiger charge is -2.31. The van der Waals surface area contributed by atoms with Crippen LogP contribution in [0.1, 0.15) is 33.1 Å². The molecule has 2 aliphatic rings. The van der Waals surface area contributed by atoms with E-state index in [0.717, 1.165) is 6.07 Å². The summed E-state index contributed by atoms with van der Waals surface area (Å²) >= 11 is 0. The van der Waals surface area contributed by atoms with Gasteiger partial charge in [-0.15, -0.1) is 0 Å². The van der Waals surface area contributed by atoms with E-state index in [1.807, 2.05) is 0 Å². The maximum Gasteiger partial charge on any atom is 0.409 e. The van der Waals surface area contributed by atoms with E-state index in [1.165, 1.54) is 17.0 Å². The highest BCUT2D eigenvalue weighted by molar-refractivity contribution is 7.94. The average Bonchev–Trinajstić information content (AvgIpc) is 3.01. The predicted octanol–water partition coefficient (Wildman–Crippen LogP) is 1.05. The van der Waals surface area contributed by atoms with Gasteiger partial charge in [0.15, 0.2) is 0 Å². The van der Waals surface area contributed by atoms with Crippen LogP contribution in [-0.4, -0.2) is 71.8 Å². The van der Waals surface area contributed by atoms with Gasteiger partial charge in [-0.05, 0) is 44.9 Å². The second-order valence-corrected chi connectivity index (χ2v) is 11.0. The number of anilines is 1. The number of likely N-dealkylation sites (tertiary alicyclic amines) is 1. The van der Waals surface area contributed by atoms with Crippen LogP contribution < -0.4 is 13.8 Å². The standard InChI is InChI=1S/C19H27N3O8S2/c1-3-29-16-6-5-15(22-18(23)9-12-31(22,25)26)13-17(16)32(27,28)20-14-7-10-21(11-8-14)19(24)30-4-2/h5-6,13-14,20H,3-4,7-12H2,1-2H3. The number of amides is 2. The van der Waals surface area contributed by atoms with Crippen molar-refractivity contribution in [2.75, 3.05) is 36.4 Å². The lowest BCUT2D eigenvalue weighted by atomic mass is 10.1. The Bertz CT molecular complexity index is 1080. The van der Waals surface area contributed by atoms with Gasteiger partial charge in [0.2, 0.25) is 26.0 Å². The Labute approximate surface area is 187 Å². The summed E-state index contributed by atoms with van der Waals surface area (Å²) in [6.07, 6.45) is 0.188. The van der Waals surface area contributed by atoms with E-state index < -0.39 is 38.1 Å². The third-order valence-electron chi connectivity index (χ3n) is 5.17. The molecule has 13 heteroatoms. The highest BCUT2D eigenvalue weighted by Crippen LogP contribution is 2.33. The van der Waals surface area contributed by atoms with Gasteiger partial charge in [0, 0.05) is 25.6 Å². The molecule has 0 unspecified atom stereocenters. The fourth-order valence-electron chi connectivity index (χ4n) is 3.65. The highest BCUT2D eigenvalue weighted by Gasteiger charge is 2.37. The molecule has 0 aliphatic carbocycles. The smallest absolute Gasteiger partial charge is 0.409 e. The molecule has 1 N–H and O–H groups in total. The van der Waals surface area contributed by atoms with Crippen LogP contribution in [0.4, 0.5) is 10.5 Å². The van der Waals surface area contributed by atoms with Crippen molar-refractivity contribution in [1.29, 1.82) is 0 Å². The first-order valence-electron chi connectivity index (χ1n) is 10.4. The van der Waals surface area contributed by atoms with E-state index in [2.05, 4.69) is 4.72 Å². The van der Waals surface area contributed by atoms with Crippen LogP contribution in [0.25, 0.3) is 0 Å². The van der Waals surface area contributed by atoms with Crippen molar-refractivity contribution in [3.63, 3.8) is 0 Å². The Morgan fingerprint density at radius 2 is 1.88 bits per heavy atom. The number of carbonyl (C=O) groups excluding carboxylic acids is 2. The molecule has 32 heavy (non-hydrogen) atoms. The summed E-state index contributed by atoms with van der Waals surface area (Å²) in [5, 5.41) is 0. The molecule has 11 nitrogen and oxygen atoms in total. The average molecular weight is 490 g/mol. The summed E-state index contributed by atoms with van der Waals surface area (Å²) in [7, 11) is -7.95. The van der Waals surface area contributed by atoms with Gasteiger partial charge in [0.25, 0.3) is 0 Å². The second kappa shape index (κ2) is 9.63. The Hall–Kier alpha value is -2.38. The van der Waals surface area contributed by atoms with Gasteiger partial charge in [0.05, 0.1) is 24.7 Å².